The Kier molecular flexibility index (Phi) is 6.38. The summed E-state index contributed by atoms with van der Waals surface area (Å²) in [6, 6.07) is 7.26. The van der Waals surface area contributed by atoms with Gasteiger partial charge in [0.05, 0.1) is 5.54 Å². The van der Waals surface area contributed by atoms with Crippen LogP contribution in [0.5, 0.6) is 0 Å². The van der Waals surface area contributed by atoms with E-state index in [0.29, 0.717) is 12.1 Å². The van der Waals surface area contributed by atoms with Crippen LogP contribution in [0.1, 0.15) is 41.6 Å². The molecule has 6 heteroatoms. The molecule has 1 saturated carbocycles. The summed E-state index contributed by atoms with van der Waals surface area (Å²) >= 11 is 0. The van der Waals surface area contributed by atoms with Gasteiger partial charge in [-0.15, -0.1) is 12.4 Å². The van der Waals surface area contributed by atoms with Crippen molar-refractivity contribution in [3.8, 4) is 0 Å². The van der Waals surface area contributed by atoms with Crippen molar-refractivity contribution in [3.05, 3.63) is 35.4 Å². The van der Waals surface area contributed by atoms with E-state index in [-0.39, 0.29) is 24.2 Å². The molecule has 0 unspecified atom stereocenters. The van der Waals surface area contributed by atoms with Crippen LogP contribution in [0.4, 0.5) is 0 Å². The van der Waals surface area contributed by atoms with Gasteiger partial charge in [0, 0.05) is 26.2 Å². The summed E-state index contributed by atoms with van der Waals surface area (Å²) < 4.78 is 0. The molecule has 0 saturated heterocycles. The van der Waals surface area contributed by atoms with Crippen LogP contribution in [-0.4, -0.2) is 36.3 Å². The zero-order valence-corrected chi connectivity index (χ0v) is 13.9. The van der Waals surface area contributed by atoms with E-state index in [4.69, 9.17) is 5.73 Å². The van der Waals surface area contributed by atoms with E-state index in [2.05, 4.69) is 5.32 Å². The zero-order valence-electron chi connectivity index (χ0n) is 13.1. The molecule has 1 aliphatic rings. The van der Waals surface area contributed by atoms with Gasteiger partial charge in [0.25, 0.3) is 5.91 Å². The second-order valence-corrected chi connectivity index (χ2v) is 5.80. The first kappa shape index (κ1) is 18.5. The molecule has 2 amide bonds. The van der Waals surface area contributed by atoms with Crippen molar-refractivity contribution in [1.82, 2.24) is 10.2 Å². The third-order valence-electron chi connectivity index (χ3n) is 4.13. The number of halogens is 1. The molecule has 0 bridgehead atoms. The number of hydrogen-bond acceptors (Lipinski definition) is 3. The lowest BCUT2D eigenvalue weighted by Gasteiger charge is -2.28. The van der Waals surface area contributed by atoms with Gasteiger partial charge < -0.3 is 16.0 Å². The Morgan fingerprint density at radius 1 is 1.23 bits per heavy atom. The molecule has 1 aliphatic carbocycles. The van der Waals surface area contributed by atoms with Crippen LogP contribution in [0.15, 0.2) is 24.3 Å². The molecule has 3 N–H and O–H groups in total. The number of nitrogens with two attached hydrogens (primary N) is 1. The van der Waals surface area contributed by atoms with Gasteiger partial charge in [0.2, 0.25) is 5.91 Å². The first-order chi connectivity index (χ1) is 9.96. The Labute approximate surface area is 137 Å². The van der Waals surface area contributed by atoms with Crippen molar-refractivity contribution >= 4 is 24.2 Å². The molecule has 0 spiro atoms. The summed E-state index contributed by atoms with van der Waals surface area (Å²) in [5, 5.41) is 2.58. The highest BCUT2D eigenvalue weighted by Gasteiger charge is 2.38. The van der Waals surface area contributed by atoms with Crippen molar-refractivity contribution in [3.63, 3.8) is 0 Å². The maximum absolute atomic E-state index is 12.4. The number of hydrogen-bond donors (Lipinski definition) is 2. The van der Waals surface area contributed by atoms with E-state index in [1.165, 1.54) is 0 Å². The van der Waals surface area contributed by atoms with E-state index in [0.717, 1.165) is 31.2 Å². The van der Waals surface area contributed by atoms with Gasteiger partial charge in [-0.05, 0) is 30.5 Å². The van der Waals surface area contributed by atoms with E-state index in [9.17, 15) is 9.59 Å². The predicted octanol–water partition coefficient (Wildman–Crippen LogP) is 1.70. The van der Waals surface area contributed by atoms with Gasteiger partial charge in [-0.2, -0.15) is 0 Å². The third-order valence-corrected chi connectivity index (χ3v) is 4.13. The Morgan fingerprint density at radius 3 is 2.27 bits per heavy atom. The normalized spacial score (nSPS) is 15.8. The Bertz CT molecular complexity index is 525. The Hall–Kier alpha value is -1.59. The van der Waals surface area contributed by atoms with Crippen molar-refractivity contribution in [1.29, 1.82) is 0 Å². The van der Waals surface area contributed by atoms with Crippen LogP contribution >= 0.6 is 12.4 Å². The maximum atomic E-state index is 12.4. The quantitative estimate of drug-likeness (QED) is 0.884. The summed E-state index contributed by atoms with van der Waals surface area (Å²) in [4.78, 5) is 25.6. The molecule has 0 aliphatic heterocycles. The van der Waals surface area contributed by atoms with Crippen molar-refractivity contribution in [2.24, 2.45) is 5.73 Å². The minimum absolute atomic E-state index is 0. The van der Waals surface area contributed by atoms with Crippen LogP contribution in [0.3, 0.4) is 0 Å². The van der Waals surface area contributed by atoms with Crippen molar-refractivity contribution in [2.45, 2.75) is 37.8 Å². The number of carbonyl (C=O) groups excluding carboxylic acids is 2. The minimum Gasteiger partial charge on any atom is -0.355 e. The monoisotopic (exact) mass is 325 g/mol. The SMILES string of the molecule is CNC(=O)c1ccc(CN(C)C(=O)C2(N)CCCC2)cc1.Cl. The summed E-state index contributed by atoms with van der Waals surface area (Å²) in [5.74, 6) is -0.103. The highest BCUT2D eigenvalue weighted by atomic mass is 35.5. The molecule has 22 heavy (non-hydrogen) atoms. The second-order valence-electron chi connectivity index (χ2n) is 5.80. The summed E-state index contributed by atoms with van der Waals surface area (Å²) in [5.41, 5.74) is 7.11. The molecule has 0 radical (unpaired) electrons. The fraction of sp³-hybridized carbons (Fsp3) is 0.500. The van der Waals surface area contributed by atoms with Crippen LogP contribution in [-0.2, 0) is 11.3 Å². The van der Waals surface area contributed by atoms with E-state index < -0.39 is 5.54 Å². The molecule has 0 heterocycles. The smallest absolute Gasteiger partial charge is 0.251 e. The van der Waals surface area contributed by atoms with Crippen LogP contribution in [0.2, 0.25) is 0 Å². The lowest BCUT2D eigenvalue weighted by Crippen LogP contribution is -2.52. The first-order valence-corrected chi connectivity index (χ1v) is 7.32. The number of rotatable bonds is 4. The summed E-state index contributed by atoms with van der Waals surface area (Å²) in [6.45, 7) is 0.506. The number of nitrogens with zero attached hydrogens (tertiary/aromatic N) is 1. The van der Waals surface area contributed by atoms with Gasteiger partial charge >= 0.3 is 0 Å². The number of benzene rings is 1. The Morgan fingerprint density at radius 2 is 1.77 bits per heavy atom. The molecular formula is C16H24ClN3O2. The van der Waals surface area contributed by atoms with Gasteiger partial charge in [0.1, 0.15) is 0 Å². The highest BCUT2D eigenvalue weighted by Crippen LogP contribution is 2.29. The fourth-order valence-corrected chi connectivity index (χ4v) is 2.85. The average Bonchev–Trinajstić information content (AvgIpc) is 2.94. The topological polar surface area (TPSA) is 75.4 Å². The number of nitrogens with one attached hydrogen (secondary N) is 1. The van der Waals surface area contributed by atoms with Crippen molar-refractivity contribution in [2.75, 3.05) is 14.1 Å². The first-order valence-electron chi connectivity index (χ1n) is 7.32. The molecule has 0 atom stereocenters. The summed E-state index contributed by atoms with van der Waals surface area (Å²) in [7, 11) is 3.38. The molecule has 1 fully saturated rings. The largest absolute Gasteiger partial charge is 0.355 e. The number of carbonyl (C=O) groups is 2. The Balaban J connectivity index is 0.00000242. The third kappa shape index (κ3) is 3.99. The molecule has 1 aromatic rings. The van der Waals surface area contributed by atoms with Crippen molar-refractivity contribution < 1.29 is 9.59 Å². The van der Waals surface area contributed by atoms with E-state index >= 15 is 0 Å². The fourth-order valence-electron chi connectivity index (χ4n) is 2.85. The second kappa shape index (κ2) is 7.61. The minimum atomic E-state index is -0.684. The summed E-state index contributed by atoms with van der Waals surface area (Å²) in [6.07, 6.45) is 3.59. The van der Waals surface area contributed by atoms with Gasteiger partial charge in [-0.25, -0.2) is 0 Å². The number of likely N-dealkylation sites (N-methyl/N-ethyl adjacent to an activating group) is 1. The molecule has 5 nitrogen and oxygen atoms in total. The van der Waals surface area contributed by atoms with Gasteiger partial charge in [-0.1, -0.05) is 25.0 Å². The van der Waals surface area contributed by atoms with Crippen LogP contribution in [0.25, 0.3) is 0 Å². The van der Waals surface area contributed by atoms with E-state index in [1.807, 2.05) is 12.1 Å². The zero-order chi connectivity index (χ0) is 15.5. The van der Waals surface area contributed by atoms with Crippen LogP contribution in [0, 0.1) is 0 Å². The predicted molar refractivity (Wildman–Crippen MR) is 88.9 cm³/mol. The molecule has 1 aromatic carbocycles. The standard InChI is InChI=1S/C16H23N3O2.ClH/c1-18-14(20)13-7-5-12(6-8-13)11-19(2)15(21)16(17)9-3-4-10-16;/h5-8H,3-4,9-11,17H2,1-2H3,(H,18,20);1H. The van der Waals surface area contributed by atoms with Crippen LogP contribution < -0.4 is 11.1 Å². The highest BCUT2D eigenvalue weighted by molar-refractivity contribution is 5.94. The van der Waals surface area contributed by atoms with E-state index in [1.54, 1.807) is 31.1 Å². The lowest BCUT2D eigenvalue weighted by molar-refractivity contribution is -0.136. The lowest BCUT2D eigenvalue weighted by atomic mass is 9.97. The van der Waals surface area contributed by atoms with Gasteiger partial charge in [-0.3, -0.25) is 9.59 Å². The molecular weight excluding hydrogens is 302 g/mol. The average molecular weight is 326 g/mol. The number of amides is 2. The molecule has 2 rings (SSSR count). The van der Waals surface area contributed by atoms with Gasteiger partial charge in [0.15, 0.2) is 0 Å². The molecule has 122 valence electrons. The molecule has 0 aromatic heterocycles. The maximum Gasteiger partial charge on any atom is 0.251 e.